The van der Waals surface area contributed by atoms with E-state index in [-0.39, 0.29) is 30.2 Å². The summed E-state index contributed by atoms with van der Waals surface area (Å²) in [7, 11) is 0. The molecule has 0 radical (unpaired) electrons. The second-order valence-electron chi connectivity index (χ2n) is 7.61. The molecule has 4 aromatic rings. The van der Waals surface area contributed by atoms with Crippen LogP contribution in [0.25, 0.3) is 22.2 Å². The van der Waals surface area contributed by atoms with Crippen molar-refractivity contribution in [1.82, 2.24) is 14.3 Å². The van der Waals surface area contributed by atoms with Crippen LogP contribution in [0.4, 0.5) is 5.69 Å². The van der Waals surface area contributed by atoms with Gasteiger partial charge in [-0.05, 0) is 18.6 Å². The van der Waals surface area contributed by atoms with Gasteiger partial charge in [0.2, 0.25) is 5.88 Å². The minimum absolute atomic E-state index is 0.0100. The first-order chi connectivity index (χ1) is 16.1. The minimum atomic E-state index is -0.590. The van der Waals surface area contributed by atoms with E-state index >= 15 is 0 Å². The molecule has 0 spiro atoms. The van der Waals surface area contributed by atoms with Crippen molar-refractivity contribution in [2.75, 3.05) is 0 Å². The highest BCUT2D eigenvalue weighted by Gasteiger charge is 2.19. The van der Waals surface area contributed by atoms with Gasteiger partial charge in [0.25, 0.3) is 0 Å². The minimum Gasteiger partial charge on any atom is -0.493 e. The van der Waals surface area contributed by atoms with Crippen LogP contribution in [0.5, 0.6) is 5.88 Å². The zero-order valence-corrected chi connectivity index (χ0v) is 18.3. The Bertz CT molecular complexity index is 1340. The Morgan fingerprint density at radius 3 is 2.64 bits per heavy atom. The molecule has 8 nitrogen and oxygen atoms in total. The van der Waals surface area contributed by atoms with Gasteiger partial charge in [0.15, 0.2) is 5.69 Å². The topological polar surface area (TPSA) is 109 Å². The van der Waals surface area contributed by atoms with E-state index in [0.717, 1.165) is 29.3 Å². The third-order valence-corrected chi connectivity index (χ3v) is 5.40. The quantitative estimate of drug-likeness (QED) is 0.347. The molecule has 33 heavy (non-hydrogen) atoms. The van der Waals surface area contributed by atoms with E-state index in [2.05, 4.69) is 28.3 Å². The lowest BCUT2D eigenvalue weighted by atomic mass is 10.1. The second-order valence-corrected chi connectivity index (χ2v) is 7.61. The molecule has 8 heteroatoms. The van der Waals surface area contributed by atoms with Crippen molar-refractivity contribution >= 4 is 22.5 Å². The molecule has 1 N–H and O–H groups in total. The molecule has 0 saturated heterocycles. The molecule has 2 aromatic carbocycles. The number of hydrogen-bond acceptors (Lipinski definition) is 5. The number of aromatic nitrogens is 3. The molecule has 0 aliphatic rings. The maximum Gasteiger partial charge on any atom is 0.313 e. The Kier molecular flexibility index (Phi) is 6.60. The first-order valence-corrected chi connectivity index (χ1v) is 10.9. The van der Waals surface area contributed by atoms with E-state index in [1.165, 1.54) is 4.68 Å². The molecule has 2 heterocycles. The summed E-state index contributed by atoms with van der Waals surface area (Å²) in [6.07, 6.45) is 2.10. The molecule has 4 rings (SSSR count). The number of nitrogens with zero attached hydrogens (tertiary/aromatic N) is 6. The van der Waals surface area contributed by atoms with E-state index in [4.69, 9.17) is 5.26 Å². The molecule has 1 amide bonds. The number of amides is 1. The van der Waals surface area contributed by atoms with Gasteiger partial charge >= 0.3 is 5.91 Å². The molecule has 0 aliphatic heterocycles. The Balaban J connectivity index is 1.69. The molecule has 2 aromatic heterocycles. The summed E-state index contributed by atoms with van der Waals surface area (Å²) in [6.45, 7) is 3.00. The van der Waals surface area contributed by atoms with Gasteiger partial charge in [0.1, 0.15) is 5.69 Å². The van der Waals surface area contributed by atoms with Gasteiger partial charge in [-0.2, -0.15) is 10.4 Å². The number of para-hydroxylation sites is 1. The van der Waals surface area contributed by atoms with Crippen molar-refractivity contribution in [3.05, 3.63) is 66.4 Å². The summed E-state index contributed by atoms with van der Waals surface area (Å²) in [5.74, 6) is -0.600. The predicted octanol–water partition coefficient (Wildman–Crippen LogP) is 5.85. The first kappa shape index (κ1) is 22.0. The van der Waals surface area contributed by atoms with Crippen LogP contribution < -0.4 is 0 Å². The zero-order valence-electron chi connectivity index (χ0n) is 18.3. The van der Waals surface area contributed by atoms with E-state index in [1.807, 2.05) is 54.6 Å². The van der Waals surface area contributed by atoms with Crippen molar-refractivity contribution in [2.45, 2.75) is 39.3 Å². The largest absolute Gasteiger partial charge is 0.493 e. The van der Waals surface area contributed by atoms with Crippen molar-refractivity contribution < 1.29 is 9.90 Å². The number of aryl methyl sites for hydroxylation is 2. The third kappa shape index (κ3) is 4.53. The van der Waals surface area contributed by atoms with Gasteiger partial charge < -0.3 is 9.67 Å². The maximum absolute atomic E-state index is 13.0. The molecule has 0 bridgehead atoms. The molecule has 0 fully saturated rings. The van der Waals surface area contributed by atoms with Crippen molar-refractivity contribution in [3.8, 4) is 23.2 Å². The molecule has 0 unspecified atom stereocenters. The standard InChI is InChI=1S/C25H24N6O2/c1-2-3-15-30-21-13-8-7-12-19(21)23(25(30)33)27-28-24(32)22-17-20(18-10-5-4-6-11-18)29-31(22)16-9-14-26/h4-8,10-13,17,33H,2-3,9,15-16H2,1H3. The average molecular weight is 441 g/mol. The van der Waals surface area contributed by atoms with Gasteiger partial charge in [-0.1, -0.05) is 61.9 Å². The van der Waals surface area contributed by atoms with E-state index < -0.39 is 5.91 Å². The SMILES string of the molecule is CCCCn1c(O)c(N=NC(=O)c2cc(-c3ccccc3)nn2CCC#N)c2ccccc21. The number of rotatable bonds is 8. The second kappa shape index (κ2) is 9.92. The molecule has 0 saturated carbocycles. The fourth-order valence-corrected chi connectivity index (χ4v) is 3.72. The van der Waals surface area contributed by atoms with Gasteiger partial charge in [-0.15, -0.1) is 10.2 Å². The van der Waals surface area contributed by atoms with Gasteiger partial charge in [-0.3, -0.25) is 9.48 Å². The monoisotopic (exact) mass is 440 g/mol. The lowest BCUT2D eigenvalue weighted by molar-refractivity contribution is 0.0984. The number of aromatic hydroxyl groups is 1. The van der Waals surface area contributed by atoms with E-state index in [0.29, 0.717) is 12.2 Å². The number of benzene rings is 2. The Morgan fingerprint density at radius 1 is 1.12 bits per heavy atom. The number of unbranched alkanes of at least 4 members (excludes halogenated alkanes) is 1. The zero-order chi connectivity index (χ0) is 23.2. The molecule has 166 valence electrons. The number of nitriles is 1. The number of hydrogen-bond donors (Lipinski definition) is 1. The van der Waals surface area contributed by atoms with Crippen molar-refractivity contribution in [2.24, 2.45) is 10.2 Å². The summed E-state index contributed by atoms with van der Waals surface area (Å²) >= 11 is 0. The van der Waals surface area contributed by atoms with Gasteiger partial charge in [0.05, 0.1) is 30.2 Å². The van der Waals surface area contributed by atoms with Crippen LogP contribution in [-0.4, -0.2) is 25.4 Å². The van der Waals surface area contributed by atoms with Gasteiger partial charge in [0, 0.05) is 17.5 Å². The Morgan fingerprint density at radius 2 is 1.88 bits per heavy atom. The summed E-state index contributed by atoms with van der Waals surface area (Å²) in [5, 5.41) is 33.0. The number of azo groups is 1. The van der Waals surface area contributed by atoms with Crippen LogP contribution in [0.2, 0.25) is 0 Å². The van der Waals surface area contributed by atoms with Crippen LogP contribution in [0.1, 0.15) is 36.7 Å². The lowest BCUT2D eigenvalue weighted by Crippen LogP contribution is -2.08. The smallest absolute Gasteiger partial charge is 0.313 e. The normalized spacial score (nSPS) is 11.3. The predicted molar refractivity (Wildman–Crippen MR) is 125 cm³/mol. The van der Waals surface area contributed by atoms with Crippen LogP contribution in [-0.2, 0) is 13.1 Å². The van der Waals surface area contributed by atoms with E-state index in [1.54, 1.807) is 10.6 Å². The third-order valence-electron chi connectivity index (χ3n) is 5.40. The molecule has 0 aliphatic carbocycles. The van der Waals surface area contributed by atoms with E-state index in [9.17, 15) is 9.90 Å². The van der Waals surface area contributed by atoms with Crippen LogP contribution >= 0.6 is 0 Å². The highest BCUT2D eigenvalue weighted by molar-refractivity contribution is 5.97. The first-order valence-electron chi connectivity index (χ1n) is 10.9. The fourth-order valence-electron chi connectivity index (χ4n) is 3.72. The summed E-state index contributed by atoms with van der Waals surface area (Å²) < 4.78 is 3.28. The number of carbonyl (C=O) groups is 1. The van der Waals surface area contributed by atoms with Crippen molar-refractivity contribution in [3.63, 3.8) is 0 Å². The molecular weight excluding hydrogens is 416 g/mol. The average Bonchev–Trinajstić information content (AvgIpc) is 3.39. The highest BCUT2D eigenvalue weighted by Crippen LogP contribution is 2.39. The van der Waals surface area contributed by atoms with Crippen LogP contribution in [0.3, 0.4) is 0 Å². The lowest BCUT2D eigenvalue weighted by Gasteiger charge is -2.05. The fraction of sp³-hybridized carbons (Fsp3) is 0.240. The number of fused-ring (bicyclic) bond motifs is 1. The number of carbonyl (C=O) groups excluding carboxylic acids is 1. The van der Waals surface area contributed by atoms with Crippen LogP contribution in [0, 0.1) is 11.3 Å². The van der Waals surface area contributed by atoms with Crippen LogP contribution in [0.15, 0.2) is 70.9 Å². The maximum atomic E-state index is 13.0. The molecular formula is C25H24N6O2. The Hall–Kier alpha value is -4.25. The molecule has 0 atom stereocenters. The summed E-state index contributed by atoms with van der Waals surface area (Å²) in [6, 6.07) is 20.7. The summed E-state index contributed by atoms with van der Waals surface area (Å²) in [5.41, 5.74) is 2.82. The Labute approximate surface area is 191 Å². The summed E-state index contributed by atoms with van der Waals surface area (Å²) in [4.78, 5) is 13.0. The highest BCUT2D eigenvalue weighted by atomic mass is 16.3. The van der Waals surface area contributed by atoms with Gasteiger partial charge in [-0.25, -0.2) is 0 Å². The van der Waals surface area contributed by atoms with Crippen molar-refractivity contribution in [1.29, 1.82) is 5.26 Å².